The van der Waals surface area contributed by atoms with Gasteiger partial charge < -0.3 is 14.6 Å². The van der Waals surface area contributed by atoms with Crippen LogP contribution in [-0.2, 0) is 6.54 Å². The maximum atomic E-state index is 12.4. The van der Waals surface area contributed by atoms with Gasteiger partial charge in [-0.15, -0.1) is 0 Å². The number of nitrogens with zero attached hydrogens (tertiary/aromatic N) is 1. The van der Waals surface area contributed by atoms with E-state index in [-0.39, 0.29) is 11.8 Å². The average Bonchev–Trinajstić information content (AvgIpc) is 2.85. The van der Waals surface area contributed by atoms with Crippen molar-refractivity contribution in [2.45, 2.75) is 6.54 Å². The van der Waals surface area contributed by atoms with Crippen LogP contribution in [0.3, 0.4) is 0 Å². The van der Waals surface area contributed by atoms with Gasteiger partial charge in [-0.3, -0.25) is 4.79 Å². The second-order valence-corrected chi connectivity index (χ2v) is 5.32. The molecule has 0 bridgehead atoms. The monoisotopic (exact) mass is 334 g/mol. The zero-order valence-electron chi connectivity index (χ0n) is 10.6. The Bertz CT molecular complexity index is 708. The number of ketones is 1. The van der Waals surface area contributed by atoms with Gasteiger partial charge in [0.15, 0.2) is 10.5 Å². The molecule has 1 aromatic heterocycles. The molecule has 2 heterocycles. The fourth-order valence-electron chi connectivity index (χ4n) is 2.14. The molecule has 20 heavy (non-hydrogen) atoms. The van der Waals surface area contributed by atoms with Crippen LogP contribution in [0.2, 0.25) is 0 Å². The lowest BCUT2D eigenvalue weighted by Gasteiger charge is -2.26. The fraction of sp³-hybridized carbons (Fsp3) is 0.143. The second kappa shape index (κ2) is 4.79. The fourth-order valence-corrected chi connectivity index (χ4v) is 2.56. The van der Waals surface area contributed by atoms with Crippen LogP contribution in [0.1, 0.15) is 21.5 Å². The van der Waals surface area contributed by atoms with Crippen molar-refractivity contribution in [3.63, 3.8) is 0 Å². The number of hydrogen-bond acceptors (Lipinski definition) is 3. The summed E-state index contributed by atoms with van der Waals surface area (Å²) in [6.07, 6.45) is 1.46. The van der Waals surface area contributed by atoms with E-state index in [1.54, 1.807) is 36.2 Å². The third-order valence-corrected chi connectivity index (χ3v) is 3.84. The third-order valence-electron chi connectivity index (χ3n) is 3.23. The van der Waals surface area contributed by atoms with Crippen molar-refractivity contribution in [2.75, 3.05) is 12.4 Å². The first-order valence-electron chi connectivity index (χ1n) is 5.99. The van der Waals surface area contributed by atoms with Crippen LogP contribution in [0.4, 0.5) is 10.5 Å². The van der Waals surface area contributed by atoms with E-state index in [0.717, 1.165) is 11.3 Å². The molecule has 5 nitrogen and oxygen atoms in total. The number of hydrogen-bond donors (Lipinski definition) is 1. The summed E-state index contributed by atoms with van der Waals surface area (Å²) in [7, 11) is 1.71. The zero-order chi connectivity index (χ0) is 14.3. The van der Waals surface area contributed by atoms with Gasteiger partial charge in [-0.05, 0) is 45.8 Å². The van der Waals surface area contributed by atoms with Crippen molar-refractivity contribution in [1.29, 1.82) is 0 Å². The normalized spacial score (nSPS) is 13.9. The summed E-state index contributed by atoms with van der Waals surface area (Å²) in [5.74, 6) is -0.118. The van der Waals surface area contributed by atoms with E-state index in [9.17, 15) is 9.59 Å². The van der Waals surface area contributed by atoms with Crippen LogP contribution in [0, 0.1) is 0 Å². The number of rotatable bonds is 2. The van der Waals surface area contributed by atoms with Gasteiger partial charge in [-0.25, -0.2) is 4.79 Å². The van der Waals surface area contributed by atoms with Crippen LogP contribution in [0.25, 0.3) is 0 Å². The Hall–Kier alpha value is -2.08. The van der Waals surface area contributed by atoms with E-state index < -0.39 is 0 Å². The molecule has 1 aromatic carbocycles. The molecule has 0 unspecified atom stereocenters. The molecule has 0 saturated heterocycles. The summed E-state index contributed by atoms with van der Waals surface area (Å²) in [5, 5.41) is 2.77. The highest BCUT2D eigenvalue weighted by atomic mass is 79.9. The number of amides is 2. The van der Waals surface area contributed by atoms with Crippen molar-refractivity contribution >= 4 is 33.4 Å². The number of halogens is 1. The third kappa shape index (κ3) is 2.12. The Labute approximate surface area is 123 Å². The number of urea groups is 1. The molecule has 0 saturated carbocycles. The van der Waals surface area contributed by atoms with E-state index in [0.29, 0.717) is 22.3 Å². The van der Waals surface area contributed by atoms with Gasteiger partial charge in [-0.1, -0.05) is 0 Å². The second-order valence-electron chi connectivity index (χ2n) is 4.60. The lowest BCUT2D eigenvalue weighted by atomic mass is 10.0. The molecule has 1 aliphatic heterocycles. The van der Waals surface area contributed by atoms with Gasteiger partial charge in [0.2, 0.25) is 0 Å². The van der Waals surface area contributed by atoms with Crippen LogP contribution < -0.4 is 5.32 Å². The van der Waals surface area contributed by atoms with Crippen LogP contribution in [0.15, 0.2) is 39.6 Å². The highest BCUT2D eigenvalue weighted by molar-refractivity contribution is 9.10. The number of fused-ring (bicyclic) bond motifs is 1. The number of nitrogens with one attached hydrogen (secondary N) is 1. The molecule has 0 aliphatic carbocycles. The highest BCUT2D eigenvalue weighted by Gasteiger charge is 2.21. The van der Waals surface area contributed by atoms with Crippen molar-refractivity contribution in [3.05, 3.63) is 51.9 Å². The molecule has 6 heteroatoms. The zero-order valence-corrected chi connectivity index (χ0v) is 12.2. The van der Waals surface area contributed by atoms with Gasteiger partial charge >= 0.3 is 6.03 Å². The minimum atomic E-state index is -0.144. The summed E-state index contributed by atoms with van der Waals surface area (Å²) in [6, 6.07) is 6.73. The van der Waals surface area contributed by atoms with Crippen LogP contribution >= 0.6 is 15.9 Å². The highest BCUT2D eigenvalue weighted by Crippen LogP contribution is 2.26. The summed E-state index contributed by atoms with van der Waals surface area (Å²) < 4.78 is 5.50. The standard InChI is InChI=1S/C14H11BrN2O3/c1-17-7-9-6-8(2-3-11(9)16-14(17)19)12(18)10-4-5-20-13(10)15/h2-6H,7H2,1H3,(H,16,19). The number of carbonyl (C=O) groups excluding carboxylic acids is 2. The van der Waals surface area contributed by atoms with Gasteiger partial charge in [0.1, 0.15) is 0 Å². The summed E-state index contributed by atoms with van der Waals surface area (Å²) in [4.78, 5) is 25.5. The molecular weight excluding hydrogens is 324 g/mol. The lowest BCUT2D eigenvalue weighted by Crippen LogP contribution is -2.35. The average molecular weight is 335 g/mol. The first kappa shape index (κ1) is 12.9. The molecule has 0 atom stereocenters. The molecule has 1 N–H and O–H groups in total. The van der Waals surface area contributed by atoms with Crippen LogP contribution in [0.5, 0.6) is 0 Å². The topological polar surface area (TPSA) is 62.6 Å². The van der Waals surface area contributed by atoms with Crippen molar-refractivity contribution in [3.8, 4) is 0 Å². The van der Waals surface area contributed by atoms with Crippen molar-refractivity contribution in [1.82, 2.24) is 4.90 Å². The molecule has 102 valence electrons. The van der Waals surface area contributed by atoms with Crippen molar-refractivity contribution < 1.29 is 14.0 Å². The number of anilines is 1. The Balaban J connectivity index is 1.97. The SMILES string of the molecule is CN1Cc2cc(C(=O)c3ccoc3Br)ccc2NC1=O. The smallest absolute Gasteiger partial charge is 0.321 e. The maximum absolute atomic E-state index is 12.4. The molecule has 0 radical (unpaired) electrons. The predicted octanol–water partition coefficient (Wildman–Crippen LogP) is 3.25. The minimum Gasteiger partial charge on any atom is -0.457 e. The molecule has 0 spiro atoms. The Morgan fingerprint density at radius 1 is 1.40 bits per heavy atom. The minimum absolute atomic E-state index is 0.118. The largest absolute Gasteiger partial charge is 0.457 e. The Kier molecular flexibility index (Phi) is 3.10. The van der Waals surface area contributed by atoms with Gasteiger partial charge in [0.25, 0.3) is 0 Å². The van der Waals surface area contributed by atoms with Crippen LogP contribution in [-0.4, -0.2) is 23.8 Å². The van der Waals surface area contributed by atoms with E-state index in [1.807, 2.05) is 0 Å². The van der Waals surface area contributed by atoms with E-state index in [4.69, 9.17) is 4.42 Å². The maximum Gasteiger partial charge on any atom is 0.321 e. The summed E-state index contributed by atoms with van der Waals surface area (Å²) in [6.45, 7) is 0.481. The molecule has 0 fully saturated rings. The number of benzene rings is 1. The summed E-state index contributed by atoms with van der Waals surface area (Å²) in [5.41, 5.74) is 2.71. The molecule has 3 rings (SSSR count). The van der Waals surface area contributed by atoms with Crippen molar-refractivity contribution in [2.24, 2.45) is 0 Å². The molecular formula is C14H11BrN2O3. The first-order chi connectivity index (χ1) is 9.56. The van der Waals surface area contributed by atoms with Gasteiger partial charge in [-0.2, -0.15) is 0 Å². The predicted molar refractivity (Wildman–Crippen MR) is 76.8 cm³/mol. The molecule has 2 amide bonds. The van der Waals surface area contributed by atoms with E-state index in [2.05, 4.69) is 21.2 Å². The lowest BCUT2D eigenvalue weighted by molar-refractivity contribution is 0.103. The first-order valence-corrected chi connectivity index (χ1v) is 6.78. The molecule has 2 aromatic rings. The molecule has 1 aliphatic rings. The summed E-state index contributed by atoms with van der Waals surface area (Å²) >= 11 is 3.20. The Morgan fingerprint density at radius 2 is 2.20 bits per heavy atom. The van der Waals surface area contributed by atoms with E-state index in [1.165, 1.54) is 6.26 Å². The number of furan rings is 1. The number of carbonyl (C=O) groups is 2. The van der Waals surface area contributed by atoms with Gasteiger partial charge in [0, 0.05) is 24.8 Å². The Morgan fingerprint density at radius 3 is 2.90 bits per heavy atom. The van der Waals surface area contributed by atoms with E-state index >= 15 is 0 Å². The quantitative estimate of drug-likeness (QED) is 0.857. The van der Waals surface area contributed by atoms with Gasteiger partial charge in [0.05, 0.1) is 11.8 Å².